The highest BCUT2D eigenvalue weighted by Gasteiger charge is 2.11. The zero-order chi connectivity index (χ0) is 11.5. The molecule has 0 aliphatic heterocycles. The minimum absolute atomic E-state index is 0.0559. The molecule has 1 nitrogen and oxygen atoms in total. The molecule has 0 N–H and O–H groups in total. The monoisotopic (exact) mass is 212 g/mol. The van der Waals surface area contributed by atoms with Crippen molar-refractivity contribution in [2.24, 2.45) is 0 Å². The van der Waals surface area contributed by atoms with Crippen molar-refractivity contribution in [3.63, 3.8) is 0 Å². The summed E-state index contributed by atoms with van der Waals surface area (Å²) < 4.78 is 30.2. The van der Waals surface area contributed by atoms with Crippen molar-refractivity contribution >= 4 is 5.83 Å². The Balaban J connectivity index is 2.82. The van der Waals surface area contributed by atoms with Crippen LogP contribution in [0.1, 0.15) is 26.3 Å². The normalized spacial score (nSPS) is 12.7. The van der Waals surface area contributed by atoms with Crippen LogP contribution >= 0.6 is 0 Å². The summed E-state index contributed by atoms with van der Waals surface area (Å²) in [5.41, 5.74) is -0.0885. The van der Waals surface area contributed by atoms with Crippen LogP contribution in [0.15, 0.2) is 30.6 Å². The molecular formula is C12H14F2O. The van der Waals surface area contributed by atoms with E-state index in [2.05, 4.69) is 0 Å². The van der Waals surface area contributed by atoms with Gasteiger partial charge in [0.05, 0.1) is 0 Å². The molecule has 0 aliphatic carbocycles. The number of hydrogen-bond acceptors (Lipinski definition) is 1. The van der Waals surface area contributed by atoms with Gasteiger partial charge >= 0.3 is 0 Å². The Morgan fingerprint density at radius 1 is 1.20 bits per heavy atom. The van der Waals surface area contributed by atoms with Crippen LogP contribution in [-0.4, -0.2) is 5.60 Å². The highest BCUT2D eigenvalue weighted by molar-refractivity contribution is 5.58. The summed E-state index contributed by atoms with van der Waals surface area (Å²) in [7, 11) is 0. The minimum Gasteiger partial charge on any atom is -0.488 e. The SMILES string of the molecule is CC(C)(C)Oc1ccc(C(F)=CF)cc1. The first-order valence-electron chi connectivity index (χ1n) is 4.68. The van der Waals surface area contributed by atoms with Crippen molar-refractivity contribution in [2.45, 2.75) is 26.4 Å². The molecule has 0 aliphatic rings. The van der Waals surface area contributed by atoms with E-state index >= 15 is 0 Å². The fraction of sp³-hybridized carbons (Fsp3) is 0.333. The molecule has 0 saturated heterocycles. The van der Waals surface area contributed by atoms with E-state index in [0.717, 1.165) is 0 Å². The largest absolute Gasteiger partial charge is 0.488 e. The van der Waals surface area contributed by atoms with Crippen LogP contribution in [-0.2, 0) is 0 Å². The van der Waals surface area contributed by atoms with Crippen molar-refractivity contribution in [3.05, 3.63) is 36.2 Å². The molecule has 0 unspecified atom stereocenters. The van der Waals surface area contributed by atoms with E-state index in [1.807, 2.05) is 20.8 Å². The average Bonchev–Trinajstić information content (AvgIpc) is 2.15. The summed E-state index contributed by atoms with van der Waals surface area (Å²) in [6.45, 7) is 5.76. The summed E-state index contributed by atoms with van der Waals surface area (Å²) in [6, 6.07) is 6.19. The van der Waals surface area contributed by atoms with Crippen LogP contribution in [0.3, 0.4) is 0 Å². The summed E-state index contributed by atoms with van der Waals surface area (Å²) in [4.78, 5) is 0. The van der Waals surface area contributed by atoms with Gasteiger partial charge < -0.3 is 4.74 Å². The van der Waals surface area contributed by atoms with Gasteiger partial charge in [-0.3, -0.25) is 0 Å². The van der Waals surface area contributed by atoms with Crippen LogP contribution < -0.4 is 4.74 Å². The smallest absolute Gasteiger partial charge is 0.158 e. The second kappa shape index (κ2) is 4.43. The summed E-state index contributed by atoms with van der Waals surface area (Å²) in [5.74, 6) is -0.241. The highest BCUT2D eigenvalue weighted by Crippen LogP contribution is 2.22. The van der Waals surface area contributed by atoms with Gasteiger partial charge in [0.1, 0.15) is 17.7 Å². The third kappa shape index (κ3) is 3.70. The predicted octanol–water partition coefficient (Wildman–Crippen LogP) is 4.10. The molecule has 15 heavy (non-hydrogen) atoms. The Morgan fingerprint density at radius 2 is 1.73 bits per heavy atom. The van der Waals surface area contributed by atoms with E-state index < -0.39 is 5.83 Å². The van der Waals surface area contributed by atoms with E-state index in [1.165, 1.54) is 12.1 Å². The van der Waals surface area contributed by atoms with E-state index in [9.17, 15) is 8.78 Å². The lowest BCUT2D eigenvalue weighted by Gasteiger charge is -2.21. The predicted molar refractivity (Wildman–Crippen MR) is 57.0 cm³/mol. The van der Waals surface area contributed by atoms with Gasteiger partial charge in [-0.25, -0.2) is 8.78 Å². The molecule has 0 fully saturated rings. The molecule has 1 rings (SSSR count). The average molecular weight is 212 g/mol. The Bertz CT molecular complexity index is 347. The molecule has 3 heteroatoms. The van der Waals surface area contributed by atoms with Crippen LogP contribution in [0.25, 0.3) is 5.83 Å². The van der Waals surface area contributed by atoms with E-state index in [4.69, 9.17) is 4.74 Å². The van der Waals surface area contributed by atoms with Crippen LogP contribution in [0.2, 0.25) is 0 Å². The zero-order valence-electron chi connectivity index (χ0n) is 9.05. The quantitative estimate of drug-likeness (QED) is 0.717. The fourth-order valence-electron chi connectivity index (χ4n) is 1.10. The number of rotatable bonds is 2. The van der Waals surface area contributed by atoms with Gasteiger partial charge in [-0.2, -0.15) is 0 Å². The molecule has 0 atom stereocenters. The van der Waals surface area contributed by atoms with Crippen molar-refractivity contribution in [1.82, 2.24) is 0 Å². The molecule has 1 aromatic carbocycles. The first kappa shape index (κ1) is 11.7. The molecular weight excluding hydrogens is 198 g/mol. The summed E-state index contributed by atoms with van der Waals surface area (Å²) in [5, 5.41) is 0. The number of benzene rings is 1. The van der Waals surface area contributed by atoms with E-state index in [-0.39, 0.29) is 17.5 Å². The van der Waals surface area contributed by atoms with Gasteiger partial charge in [0.15, 0.2) is 5.83 Å². The molecule has 1 aromatic rings. The molecule has 0 heterocycles. The number of ether oxygens (including phenoxy) is 1. The summed E-state index contributed by atoms with van der Waals surface area (Å²) >= 11 is 0. The lowest BCUT2D eigenvalue weighted by molar-refractivity contribution is 0.131. The second-order valence-electron chi connectivity index (χ2n) is 4.20. The first-order chi connectivity index (χ1) is 6.92. The Kier molecular flexibility index (Phi) is 3.45. The Morgan fingerprint density at radius 3 is 2.13 bits per heavy atom. The van der Waals surface area contributed by atoms with Crippen LogP contribution in [0, 0.1) is 0 Å². The minimum atomic E-state index is -0.877. The van der Waals surface area contributed by atoms with Crippen molar-refractivity contribution in [1.29, 1.82) is 0 Å². The van der Waals surface area contributed by atoms with Crippen LogP contribution in [0.5, 0.6) is 5.75 Å². The third-order valence-electron chi connectivity index (χ3n) is 1.65. The summed E-state index contributed by atoms with van der Waals surface area (Å²) in [6.07, 6.45) is -0.0559. The lowest BCUT2D eigenvalue weighted by Crippen LogP contribution is -2.22. The molecule has 82 valence electrons. The third-order valence-corrected chi connectivity index (χ3v) is 1.65. The molecule has 0 spiro atoms. The van der Waals surface area contributed by atoms with Crippen LogP contribution in [0.4, 0.5) is 8.78 Å². The van der Waals surface area contributed by atoms with Gasteiger partial charge in [-0.05, 0) is 45.0 Å². The van der Waals surface area contributed by atoms with Gasteiger partial charge in [-0.15, -0.1) is 0 Å². The molecule has 0 bridgehead atoms. The van der Waals surface area contributed by atoms with Gasteiger partial charge in [0, 0.05) is 5.56 Å². The first-order valence-corrected chi connectivity index (χ1v) is 4.68. The molecule has 0 radical (unpaired) electrons. The molecule has 0 amide bonds. The van der Waals surface area contributed by atoms with Gasteiger partial charge in [0.2, 0.25) is 0 Å². The maximum absolute atomic E-state index is 12.8. The maximum atomic E-state index is 12.8. The fourth-order valence-corrected chi connectivity index (χ4v) is 1.10. The highest BCUT2D eigenvalue weighted by atomic mass is 19.2. The Hall–Kier alpha value is -1.38. The van der Waals surface area contributed by atoms with E-state index in [0.29, 0.717) is 5.75 Å². The zero-order valence-corrected chi connectivity index (χ0v) is 9.05. The number of halogens is 2. The van der Waals surface area contributed by atoms with E-state index in [1.54, 1.807) is 12.1 Å². The number of hydrogen-bond donors (Lipinski definition) is 0. The Labute approximate surface area is 88.4 Å². The van der Waals surface area contributed by atoms with Crippen molar-refractivity contribution < 1.29 is 13.5 Å². The molecule has 0 aromatic heterocycles. The maximum Gasteiger partial charge on any atom is 0.158 e. The van der Waals surface area contributed by atoms with Crippen molar-refractivity contribution in [3.8, 4) is 5.75 Å². The van der Waals surface area contributed by atoms with Gasteiger partial charge in [-0.1, -0.05) is 0 Å². The van der Waals surface area contributed by atoms with Crippen molar-refractivity contribution in [2.75, 3.05) is 0 Å². The topological polar surface area (TPSA) is 9.23 Å². The second-order valence-corrected chi connectivity index (χ2v) is 4.20. The lowest BCUT2D eigenvalue weighted by atomic mass is 10.1. The molecule has 0 saturated carbocycles. The standard InChI is InChI=1S/C12H14F2O/c1-12(2,3)15-10-6-4-9(5-7-10)11(14)8-13/h4-8H,1-3H3. The van der Waals surface area contributed by atoms with Gasteiger partial charge in [0.25, 0.3) is 0 Å².